The van der Waals surface area contributed by atoms with Gasteiger partial charge in [0.2, 0.25) is 15.9 Å². The zero-order chi connectivity index (χ0) is 20.5. The molecule has 2 aromatic rings. The number of nitrogens with zero attached hydrogens (tertiary/aromatic N) is 1. The Morgan fingerprint density at radius 1 is 1.36 bits per heavy atom. The van der Waals surface area contributed by atoms with Gasteiger partial charge in [-0.1, -0.05) is 5.16 Å². The van der Waals surface area contributed by atoms with E-state index in [1.54, 1.807) is 19.1 Å². The Morgan fingerprint density at radius 2 is 2.11 bits per heavy atom. The van der Waals surface area contributed by atoms with Gasteiger partial charge in [0.15, 0.2) is 11.6 Å². The van der Waals surface area contributed by atoms with Crippen LogP contribution in [0.5, 0.6) is 5.75 Å². The molecule has 1 aliphatic carbocycles. The summed E-state index contributed by atoms with van der Waals surface area (Å²) < 4.78 is 77.7. The number of benzene rings is 1. The van der Waals surface area contributed by atoms with E-state index in [0.29, 0.717) is 17.0 Å². The van der Waals surface area contributed by atoms with Gasteiger partial charge in [-0.3, -0.25) is 0 Å². The molecular weight excluding hydrogens is 397 g/mol. The lowest BCUT2D eigenvalue weighted by molar-refractivity contribution is -0.0662. The second-order valence-corrected chi connectivity index (χ2v) is 8.91. The van der Waals surface area contributed by atoms with Crippen LogP contribution in [0.15, 0.2) is 28.8 Å². The van der Waals surface area contributed by atoms with Gasteiger partial charge >= 0.3 is 0 Å². The van der Waals surface area contributed by atoms with Crippen molar-refractivity contribution in [1.29, 1.82) is 0 Å². The van der Waals surface area contributed by atoms with Gasteiger partial charge in [0.05, 0.1) is 12.9 Å². The first-order valence-corrected chi connectivity index (χ1v) is 10.6. The number of sulfonamides is 1. The fourth-order valence-electron chi connectivity index (χ4n) is 3.31. The summed E-state index contributed by atoms with van der Waals surface area (Å²) in [5.41, 5.74) is 0.954. The number of halogens is 3. The van der Waals surface area contributed by atoms with Crippen LogP contribution in [0.2, 0.25) is 0 Å². The van der Waals surface area contributed by atoms with E-state index in [0.717, 1.165) is 6.26 Å². The number of aromatic nitrogens is 1. The monoisotopic (exact) mass is 418 g/mol. The minimum atomic E-state index is -3.56. The molecule has 1 saturated carbocycles. The quantitative estimate of drug-likeness (QED) is 0.776. The number of alkyl halides is 2. The summed E-state index contributed by atoms with van der Waals surface area (Å²) in [6.07, 6.45) is 0.0255. The lowest BCUT2D eigenvalue weighted by Gasteiger charge is -2.35. The van der Waals surface area contributed by atoms with E-state index in [1.165, 1.54) is 12.1 Å². The molecule has 0 spiro atoms. The van der Waals surface area contributed by atoms with Gasteiger partial charge in [-0.2, -0.15) is 0 Å². The Balaban J connectivity index is 1.71. The minimum absolute atomic E-state index is 0.0129. The fourth-order valence-corrected chi connectivity index (χ4v) is 4.17. The molecule has 1 aliphatic rings. The molecule has 2 atom stereocenters. The van der Waals surface area contributed by atoms with E-state index >= 15 is 0 Å². The van der Waals surface area contributed by atoms with E-state index in [1.807, 2.05) is 0 Å². The zero-order valence-corrected chi connectivity index (χ0v) is 16.2. The summed E-state index contributed by atoms with van der Waals surface area (Å²) >= 11 is 0. The highest BCUT2D eigenvalue weighted by Gasteiger charge is 2.42. The van der Waals surface area contributed by atoms with E-state index in [-0.39, 0.29) is 18.8 Å². The molecule has 10 heteroatoms. The number of aryl methyl sites for hydroxylation is 1. The molecular formula is C18H21F3N2O4S. The van der Waals surface area contributed by atoms with Crippen molar-refractivity contribution in [2.45, 2.75) is 38.2 Å². The van der Waals surface area contributed by atoms with E-state index < -0.39 is 46.6 Å². The van der Waals surface area contributed by atoms with Crippen molar-refractivity contribution in [2.75, 3.05) is 12.9 Å². The lowest BCUT2D eigenvalue weighted by atomic mass is 9.83. The maximum atomic E-state index is 14.4. The normalized spacial score (nSPS) is 22.2. The highest BCUT2D eigenvalue weighted by atomic mass is 32.2. The predicted octanol–water partition coefficient (Wildman–Crippen LogP) is 3.52. The molecule has 28 heavy (non-hydrogen) atoms. The van der Waals surface area contributed by atoms with Crippen molar-refractivity contribution >= 4 is 10.0 Å². The number of hydrogen-bond donors (Lipinski definition) is 1. The maximum absolute atomic E-state index is 14.4. The second kappa shape index (κ2) is 7.75. The highest BCUT2D eigenvalue weighted by molar-refractivity contribution is 7.88. The first-order valence-electron chi connectivity index (χ1n) is 8.74. The van der Waals surface area contributed by atoms with Crippen LogP contribution in [0.25, 0.3) is 11.3 Å². The first kappa shape index (κ1) is 20.7. The number of rotatable bonds is 6. The molecule has 0 bridgehead atoms. The molecule has 0 aliphatic heterocycles. The van der Waals surface area contributed by atoms with E-state index in [2.05, 4.69) is 9.88 Å². The molecule has 1 fully saturated rings. The van der Waals surface area contributed by atoms with Gasteiger partial charge < -0.3 is 9.26 Å². The zero-order valence-electron chi connectivity index (χ0n) is 15.4. The average molecular weight is 418 g/mol. The number of hydrogen-bond acceptors (Lipinski definition) is 5. The summed E-state index contributed by atoms with van der Waals surface area (Å²) in [6.45, 7) is 1.48. The van der Waals surface area contributed by atoms with Crippen molar-refractivity contribution in [3.8, 4) is 17.0 Å². The van der Waals surface area contributed by atoms with Crippen molar-refractivity contribution in [1.82, 2.24) is 9.88 Å². The minimum Gasteiger partial charge on any atom is -0.490 e. The summed E-state index contributed by atoms with van der Waals surface area (Å²) in [5.74, 6) is -3.88. The third-order valence-corrected chi connectivity index (χ3v) is 5.36. The highest BCUT2D eigenvalue weighted by Crippen LogP contribution is 2.37. The Kier molecular flexibility index (Phi) is 5.72. The predicted molar refractivity (Wildman–Crippen MR) is 96.2 cm³/mol. The average Bonchev–Trinajstić information content (AvgIpc) is 3.01. The molecule has 6 nitrogen and oxygen atoms in total. The molecule has 3 rings (SSSR count). The molecule has 1 N–H and O–H groups in total. The second-order valence-electron chi connectivity index (χ2n) is 7.13. The summed E-state index contributed by atoms with van der Waals surface area (Å²) in [6, 6.07) is 5.15. The van der Waals surface area contributed by atoms with Crippen LogP contribution < -0.4 is 9.46 Å². The van der Waals surface area contributed by atoms with Crippen LogP contribution in [0.4, 0.5) is 13.2 Å². The molecule has 1 aromatic carbocycles. The molecule has 1 heterocycles. The topological polar surface area (TPSA) is 81.4 Å². The standard InChI is InChI=1S/C18H21F3N2O4S/c1-11-7-16(22-27-11)12-3-4-17(14(19)8-12)26-10-13-9-18(20,21)6-5-15(13)23-28(2,24)25/h3-4,7-8,13,15,23H,5-6,9-10H2,1-2H3/t13-,15-/m0/s1. The molecule has 1 aromatic heterocycles. The number of ether oxygens (including phenoxy) is 1. The van der Waals surface area contributed by atoms with E-state index in [9.17, 15) is 21.6 Å². The lowest BCUT2D eigenvalue weighted by Crippen LogP contribution is -2.48. The third kappa shape index (κ3) is 5.26. The van der Waals surface area contributed by atoms with Gasteiger partial charge in [0.25, 0.3) is 0 Å². The molecule has 0 radical (unpaired) electrons. The Labute approximate surface area is 161 Å². The van der Waals surface area contributed by atoms with Gasteiger partial charge in [-0.15, -0.1) is 0 Å². The van der Waals surface area contributed by atoms with Crippen LogP contribution in [0.1, 0.15) is 25.0 Å². The largest absolute Gasteiger partial charge is 0.490 e. The van der Waals surface area contributed by atoms with Crippen molar-refractivity contribution in [3.05, 3.63) is 35.8 Å². The molecule has 0 unspecified atom stereocenters. The molecule has 0 amide bonds. The smallest absolute Gasteiger partial charge is 0.248 e. The Morgan fingerprint density at radius 3 is 2.71 bits per heavy atom. The third-order valence-electron chi connectivity index (χ3n) is 4.62. The van der Waals surface area contributed by atoms with Gasteiger partial charge in [-0.05, 0) is 31.5 Å². The molecule has 0 saturated heterocycles. The van der Waals surface area contributed by atoms with Crippen LogP contribution >= 0.6 is 0 Å². The van der Waals surface area contributed by atoms with Gasteiger partial charge in [-0.25, -0.2) is 26.3 Å². The maximum Gasteiger partial charge on any atom is 0.248 e. The SMILES string of the molecule is Cc1cc(-c2ccc(OC[C@@H]3CC(F)(F)CC[C@@H]3NS(C)(=O)=O)c(F)c2)no1. The van der Waals surface area contributed by atoms with Crippen LogP contribution in [0, 0.1) is 18.7 Å². The van der Waals surface area contributed by atoms with Crippen LogP contribution in [-0.2, 0) is 10.0 Å². The van der Waals surface area contributed by atoms with Gasteiger partial charge in [0.1, 0.15) is 11.5 Å². The Bertz CT molecular complexity index is 946. The summed E-state index contributed by atoms with van der Waals surface area (Å²) in [7, 11) is -3.56. The van der Waals surface area contributed by atoms with E-state index in [4.69, 9.17) is 9.26 Å². The van der Waals surface area contributed by atoms with Crippen molar-refractivity contribution < 1.29 is 30.8 Å². The van der Waals surface area contributed by atoms with Crippen molar-refractivity contribution in [2.24, 2.45) is 5.92 Å². The summed E-state index contributed by atoms with van der Waals surface area (Å²) in [5, 5.41) is 3.81. The first-order chi connectivity index (χ1) is 13.0. The molecule has 154 valence electrons. The van der Waals surface area contributed by atoms with Gasteiger partial charge in [0, 0.05) is 36.4 Å². The van der Waals surface area contributed by atoms with Crippen molar-refractivity contribution in [3.63, 3.8) is 0 Å². The van der Waals surface area contributed by atoms with Crippen LogP contribution in [0.3, 0.4) is 0 Å². The number of nitrogens with one attached hydrogen (secondary N) is 1. The van der Waals surface area contributed by atoms with Crippen LogP contribution in [-0.4, -0.2) is 38.4 Å². The fraction of sp³-hybridized carbons (Fsp3) is 0.500. The Hall–Kier alpha value is -2.07. The summed E-state index contributed by atoms with van der Waals surface area (Å²) in [4.78, 5) is 0.